The molecule has 0 amide bonds. The van der Waals surface area contributed by atoms with Crippen LogP contribution in [0.5, 0.6) is 0 Å². The van der Waals surface area contributed by atoms with Gasteiger partial charge < -0.3 is 0 Å². The van der Waals surface area contributed by atoms with E-state index in [1.54, 1.807) is 0 Å². The fourth-order valence-electron chi connectivity index (χ4n) is 2.96. The summed E-state index contributed by atoms with van der Waals surface area (Å²) >= 11 is 0. The molecule has 2 aromatic carbocycles. The molecule has 0 saturated carbocycles. The van der Waals surface area contributed by atoms with Crippen molar-refractivity contribution >= 4 is 32.0 Å². The zero-order valence-electron chi connectivity index (χ0n) is 12.0. The number of hydrogen-bond acceptors (Lipinski definition) is 4. The lowest BCUT2D eigenvalue weighted by atomic mass is 10.1. The number of fused-ring (bicyclic) bond motifs is 2. The topological polar surface area (TPSA) is 68.1 Å². The number of rotatable bonds is 2. The average Bonchev–Trinajstić information content (AvgIpc) is 2.97. The first-order valence-electron chi connectivity index (χ1n) is 7.41. The molecule has 114 valence electrons. The molecule has 0 bridgehead atoms. The largest absolute Gasteiger partial charge is 0.324 e. The zero-order chi connectivity index (χ0) is 15.2. The van der Waals surface area contributed by atoms with E-state index < -0.39 is 10.2 Å². The van der Waals surface area contributed by atoms with Crippen molar-refractivity contribution in [2.45, 2.75) is 19.3 Å². The number of piperidine rings is 1. The normalized spacial score (nSPS) is 17.3. The highest BCUT2D eigenvalue weighted by Gasteiger charge is 2.28. The summed E-state index contributed by atoms with van der Waals surface area (Å²) in [5, 5.41) is 9.94. The van der Waals surface area contributed by atoms with Crippen molar-refractivity contribution in [1.82, 2.24) is 18.7 Å². The molecule has 1 saturated heterocycles. The predicted molar refractivity (Wildman–Crippen MR) is 84.8 cm³/mol. The number of benzene rings is 2. The number of aromatic nitrogens is 3. The van der Waals surface area contributed by atoms with Gasteiger partial charge in [-0.05, 0) is 41.0 Å². The summed E-state index contributed by atoms with van der Waals surface area (Å²) in [6, 6.07) is 11.5. The molecule has 1 aliphatic rings. The fourth-order valence-corrected chi connectivity index (χ4v) is 4.42. The van der Waals surface area contributed by atoms with Gasteiger partial charge in [0.15, 0.2) is 0 Å². The number of nitrogens with zero attached hydrogens (tertiary/aromatic N) is 4. The minimum absolute atomic E-state index is 0.532. The highest BCUT2D eigenvalue weighted by Crippen LogP contribution is 2.23. The van der Waals surface area contributed by atoms with Crippen LogP contribution in [0.3, 0.4) is 0 Å². The molecular weight excluding hydrogens is 300 g/mol. The molecule has 0 spiro atoms. The standard InChI is InChI=1S/C15H16N4O2S/c20-22(21,18-8-4-1-5-9-18)19-15-11-13-7-3-2-6-12(13)10-14(15)16-17-19/h2-3,6-7,10-11H,1,4-5,8-9H2. The van der Waals surface area contributed by atoms with Crippen LogP contribution in [0.1, 0.15) is 19.3 Å². The van der Waals surface area contributed by atoms with Crippen molar-refractivity contribution < 1.29 is 8.42 Å². The maximum absolute atomic E-state index is 12.8. The SMILES string of the molecule is O=S(=O)(N1CCCCC1)n1nnc2cc3ccccc3cc21. The van der Waals surface area contributed by atoms with E-state index in [9.17, 15) is 8.42 Å². The number of hydrogen-bond donors (Lipinski definition) is 0. The summed E-state index contributed by atoms with van der Waals surface area (Å²) in [7, 11) is -3.64. The Morgan fingerprint density at radius 3 is 2.36 bits per heavy atom. The molecule has 0 radical (unpaired) electrons. The lowest BCUT2D eigenvalue weighted by Crippen LogP contribution is -2.39. The summed E-state index contributed by atoms with van der Waals surface area (Å²) in [6.45, 7) is 1.11. The second-order valence-electron chi connectivity index (χ2n) is 5.59. The Morgan fingerprint density at radius 2 is 1.64 bits per heavy atom. The molecule has 2 heterocycles. The first-order chi connectivity index (χ1) is 10.7. The van der Waals surface area contributed by atoms with Gasteiger partial charge in [0.1, 0.15) is 11.0 Å². The molecule has 1 aliphatic heterocycles. The molecule has 4 rings (SSSR count). The molecule has 6 nitrogen and oxygen atoms in total. The summed E-state index contributed by atoms with van der Waals surface area (Å²) in [6.07, 6.45) is 2.87. The third-order valence-electron chi connectivity index (χ3n) is 4.14. The quantitative estimate of drug-likeness (QED) is 0.726. The second kappa shape index (κ2) is 5.03. The van der Waals surface area contributed by atoms with Crippen LogP contribution in [0, 0.1) is 0 Å². The van der Waals surface area contributed by atoms with Crippen LogP contribution in [0.2, 0.25) is 0 Å². The summed E-state index contributed by atoms with van der Waals surface area (Å²) in [4.78, 5) is 0. The van der Waals surface area contributed by atoms with Crippen LogP contribution in [0.15, 0.2) is 36.4 Å². The van der Waals surface area contributed by atoms with Crippen LogP contribution in [0.4, 0.5) is 0 Å². The Labute approximate surface area is 128 Å². The van der Waals surface area contributed by atoms with Gasteiger partial charge in [-0.3, -0.25) is 0 Å². The van der Waals surface area contributed by atoms with Crippen molar-refractivity contribution in [2.75, 3.05) is 13.1 Å². The van der Waals surface area contributed by atoms with Gasteiger partial charge >= 0.3 is 10.2 Å². The third kappa shape index (κ3) is 2.08. The van der Waals surface area contributed by atoms with Crippen LogP contribution in [-0.2, 0) is 10.2 Å². The summed E-state index contributed by atoms with van der Waals surface area (Å²) in [5.41, 5.74) is 1.13. The van der Waals surface area contributed by atoms with Crippen LogP contribution >= 0.6 is 0 Å². The van der Waals surface area contributed by atoms with Crippen molar-refractivity contribution in [3.63, 3.8) is 0 Å². The third-order valence-corrected chi connectivity index (χ3v) is 5.87. The van der Waals surface area contributed by atoms with Crippen molar-refractivity contribution in [2.24, 2.45) is 0 Å². The van der Waals surface area contributed by atoms with Gasteiger partial charge in [0.25, 0.3) is 0 Å². The maximum Gasteiger partial charge on any atom is 0.324 e. The Hall–Kier alpha value is -1.99. The summed E-state index contributed by atoms with van der Waals surface area (Å²) < 4.78 is 28.1. The zero-order valence-corrected chi connectivity index (χ0v) is 12.8. The van der Waals surface area contributed by atoms with Gasteiger partial charge in [0.2, 0.25) is 0 Å². The van der Waals surface area contributed by atoms with E-state index in [-0.39, 0.29) is 0 Å². The average molecular weight is 316 g/mol. The van der Waals surface area contributed by atoms with E-state index in [1.165, 1.54) is 4.31 Å². The van der Waals surface area contributed by atoms with Crippen molar-refractivity contribution in [1.29, 1.82) is 0 Å². The fraction of sp³-hybridized carbons (Fsp3) is 0.333. The van der Waals surface area contributed by atoms with E-state index in [4.69, 9.17) is 0 Å². The maximum atomic E-state index is 12.8. The molecular formula is C15H16N4O2S. The van der Waals surface area contributed by atoms with Gasteiger partial charge in [-0.25, -0.2) is 0 Å². The predicted octanol–water partition coefficient (Wildman–Crippen LogP) is 2.16. The lowest BCUT2D eigenvalue weighted by Gasteiger charge is -2.25. The van der Waals surface area contributed by atoms with E-state index in [1.807, 2.05) is 36.4 Å². The van der Waals surface area contributed by atoms with E-state index >= 15 is 0 Å². The van der Waals surface area contributed by atoms with E-state index in [2.05, 4.69) is 10.3 Å². The van der Waals surface area contributed by atoms with Gasteiger partial charge in [-0.15, -0.1) is 9.19 Å². The summed E-state index contributed by atoms with van der Waals surface area (Å²) in [5.74, 6) is 0. The monoisotopic (exact) mass is 316 g/mol. The van der Waals surface area contributed by atoms with Crippen LogP contribution < -0.4 is 0 Å². The smallest absolute Gasteiger partial charge is 0.187 e. The van der Waals surface area contributed by atoms with Gasteiger partial charge in [-0.1, -0.05) is 30.7 Å². The van der Waals surface area contributed by atoms with Crippen molar-refractivity contribution in [3.8, 4) is 0 Å². The molecule has 1 aromatic heterocycles. The Bertz CT molecular complexity index is 942. The molecule has 0 atom stereocenters. The van der Waals surface area contributed by atoms with Crippen LogP contribution in [-0.4, -0.2) is 40.2 Å². The molecule has 0 aliphatic carbocycles. The Kier molecular flexibility index (Phi) is 3.12. The second-order valence-corrected chi connectivity index (χ2v) is 7.35. The first kappa shape index (κ1) is 13.7. The molecule has 3 aromatic rings. The minimum atomic E-state index is -3.64. The first-order valence-corrected chi connectivity index (χ1v) is 8.81. The molecule has 0 unspecified atom stereocenters. The Balaban J connectivity index is 1.89. The molecule has 1 fully saturated rings. The lowest BCUT2D eigenvalue weighted by molar-refractivity contribution is 0.341. The Morgan fingerprint density at radius 1 is 0.955 bits per heavy atom. The highest BCUT2D eigenvalue weighted by atomic mass is 32.2. The van der Waals surface area contributed by atoms with E-state index in [0.29, 0.717) is 24.1 Å². The van der Waals surface area contributed by atoms with E-state index in [0.717, 1.165) is 34.1 Å². The van der Waals surface area contributed by atoms with Crippen molar-refractivity contribution in [3.05, 3.63) is 36.4 Å². The molecule has 22 heavy (non-hydrogen) atoms. The van der Waals surface area contributed by atoms with Gasteiger partial charge in [-0.2, -0.15) is 12.7 Å². The molecule has 7 heteroatoms. The molecule has 0 N–H and O–H groups in total. The van der Waals surface area contributed by atoms with Gasteiger partial charge in [0.05, 0.1) is 0 Å². The minimum Gasteiger partial charge on any atom is -0.187 e. The van der Waals surface area contributed by atoms with Crippen LogP contribution in [0.25, 0.3) is 21.8 Å². The van der Waals surface area contributed by atoms with Gasteiger partial charge in [0, 0.05) is 13.1 Å². The highest BCUT2D eigenvalue weighted by molar-refractivity contribution is 7.87.